The summed E-state index contributed by atoms with van der Waals surface area (Å²) in [6, 6.07) is 1.55. The average Bonchev–Trinajstić information content (AvgIpc) is 2.19. The largest absolute Gasteiger partial charge is 0.448 e. The number of hydrogen-bond acceptors (Lipinski definition) is 4. The highest BCUT2D eigenvalue weighted by molar-refractivity contribution is 6.58. The molecule has 0 saturated carbocycles. The molecule has 6 nitrogen and oxygen atoms in total. The number of nitrogens with one attached hydrogen (secondary N) is 1. The lowest BCUT2D eigenvalue weighted by molar-refractivity contribution is -0.387. The number of ether oxygens (including phenoxy) is 1. The molecule has 17 heavy (non-hydrogen) atoms. The van der Waals surface area contributed by atoms with E-state index in [1.54, 1.807) is 0 Å². The number of nitrogens with zero attached hydrogens (tertiary/aromatic N) is 1. The molecule has 0 saturated heterocycles. The Morgan fingerprint density at radius 3 is 2.71 bits per heavy atom. The Bertz CT molecular complexity index is 535. The van der Waals surface area contributed by atoms with Gasteiger partial charge in [-0.1, -0.05) is 0 Å². The standard InChI is InChI=1S/C8H3Cl2FN2O4/c9-8(10)7(14)12-4-2-5(13(15)16)3(11)1-6(4)17-8/h1-2H,(H,12,14). The average molecular weight is 281 g/mol. The highest BCUT2D eigenvalue weighted by Crippen LogP contribution is 2.40. The number of fused-ring (bicyclic) bond motifs is 1. The third kappa shape index (κ3) is 1.98. The van der Waals surface area contributed by atoms with Crippen molar-refractivity contribution in [3.05, 3.63) is 28.1 Å². The van der Waals surface area contributed by atoms with Crippen LogP contribution < -0.4 is 10.1 Å². The third-order valence-corrected chi connectivity index (χ3v) is 2.49. The van der Waals surface area contributed by atoms with Gasteiger partial charge in [-0.2, -0.15) is 4.39 Å². The van der Waals surface area contributed by atoms with Gasteiger partial charge in [-0.25, -0.2) is 0 Å². The van der Waals surface area contributed by atoms with Gasteiger partial charge < -0.3 is 10.1 Å². The fourth-order valence-corrected chi connectivity index (χ4v) is 1.51. The Kier molecular flexibility index (Phi) is 2.59. The lowest BCUT2D eigenvalue weighted by Gasteiger charge is -2.27. The molecule has 1 aliphatic rings. The number of alkyl halides is 2. The summed E-state index contributed by atoms with van der Waals surface area (Å²) in [7, 11) is 0. The molecular weight excluding hydrogens is 278 g/mol. The molecule has 2 rings (SSSR count). The summed E-state index contributed by atoms with van der Waals surface area (Å²) in [5.41, 5.74) is -0.857. The molecule has 0 aromatic heterocycles. The van der Waals surface area contributed by atoms with Gasteiger partial charge in [0.05, 0.1) is 10.6 Å². The van der Waals surface area contributed by atoms with Gasteiger partial charge in [0, 0.05) is 12.1 Å². The molecule has 0 atom stereocenters. The maximum absolute atomic E-state index is 13.3. The number of nitro benzene ring substituents is 1. The number of nitro groups is 1. The van der Waals surface area contributed by atoms with Crippen LogP contribution in [0, 0.1) is 15.9 Å². The highest BCUT2D eigenvalue weighted by atomic mass is 35.5. The number of amides is 1. The summed E-state index contributed by atoms with van der Waals surface area (Å²) in [5, 5.41) is 12.7. The molecule has 1 aromatic rings. The van der Waals surface area contributed by atoms with Crippen LogP contribution in [0.3, 0.4) is 0 Å². The number of carbonyl (C=O) groups is 1. The van der Waals surface area contributed by atoms with Crippen LogP contribution in [0.25, 0.3) is 0 Å². The van der Waals surface area contributed by atoms with Gasteiger partial charge >= 0.3 is 16.1 Å². The summed E-state index contributed by atoms with van der Waals surface area (Å²) in [5.74, 6) is -2.21. The number of hydrogen-bond donors (Lipinski definition) is 1. The first-order valence-corrected chi connectivity index (χ1v) is 4.93. The van der Waals surface area contributed by atoms with Crippen LogP contribution in [0.4, 0.5) is 15.8 Å². The van der Waals surface area contributed by atoms with Crippen molar-refractivity contribution < 1.29 is 18.8 Å². The van der Waals surface area contributed by atoms with Crippen molar-refractivity contribution in [1.82, 2.24) is 0 Å². The van der Waals surface area contributed by atoms with Crippen molar-refractivity contribution in [2.24, 2.45) is 0 Å². The molecule has 0 unspecified atom stereocenters. The zero-order valence-corrected chi connectivity index (χ0v) is 9.38. The number of halogens is 3. The SMILES string of the molecule is O=C1Nc2cc([N+](=O)[O-])c(F)cc2OC1(Cl)Cl. The molecule has 9 heteroatoms. The Labute approximate surface area is 103 Å². The zero-order chi connectivity index (χ0) is 12.8. The molecule has 0 fully saturated rings. The minimum absolute atomic E-state index is 0.0694. The van der Waals surface area contributed by atoms with Crippen LogP contribution in [-0.2, 0) is 4.79 Å². The van der Waals surface area contributed by atoms with E-state index in [1.807, 2.05) is 0 Å². The molecule has 1 heterocycles. The van der Waals surface area contributed by atoms with Gasteiger partial charge in [0.2, 0.25) is 5.82 Å². The van der Waals surface area contributed by atoms with Crippen LogP contribution in [-0.4, -0.2) is 15.3 Å². The third-order valence-electron chi connectivity index (χ3n) is 2.00. The first-order valence-electron chi connectivity index (χ1n) is 4.17. The highest BCUT2D eigenvalue weighted by Gasteiger charge is 2.42. The fourth-order valence-electron chi connectivity index (χ4n) is 1.25. The van der Waals surface area contributed by atoms with Gasteiger partial charge in [-0.3, -0.25) is 14.9 Å². The number of carbonyl (C=O) groups excluding carboxylic acids is 1. The van der Waals surface area contributed by atoms with E-state index in [4.69, 9.17) is 27.9 Å². The van der Waals surface area contributed by atoms with Crippen molar-refractivity contribution >= 4 is 40.5 Å². The van der Waals surface area contributed by atoms with Crippen LogP contribution >= 0.6 is 23.2 Å². The number of rotatable bonds is 1. The predicted molar refractivity (Wildman–Crippen MR) is 56.7 cm³/mol. The molecule has 1 aliphatic heterocycles. The maximum Gasteiger partial charge on any atom is 0.339 e. The molecule has 0 bridgehead atoms. The van der Waals surface area contributed by atoms with Crippen molar-refractivity contribution in [3.8, 4) is 5.75 Å². The van der Waals surface area contributed by atoms with E-state index >= 15 is 0 Å². The van der Waals surface area contributed by atoms with Gasteiger partial charge in [0.1, 0.15) is 0 Å². The molecule has 1 amide bonds. The van der Waals surface area contributed by atoms with E-state index in [0.717, 1.165) is 12.1 Å². The molecule has 1 N–H and O–H groups in total. The fraction of sp³-hybridized carbons (Fsp3) is 0.125. The summed E-state index contributed by atoms with van der Waals surface area (Å²) in [6.45, 7) is 0. The molecule has 1 aromatic carbocycles. The lowest BCUT2D eigenvalue weighted by atomic mass is 10.2. The van der Waals surface area contributed by atoms with E-state index in [1.165, 1.54) is 0 Å². The molecule has 0 radical (unpaired) electrons. The minimum atomic E-state index is -2.18. The van der Waals surface area contributed by atoms with Crippen molar-refractivity contribution in [2.45, 2.75) is 4.52 Å². The van der Waals surface area contributed by atoms with Crippen molar-refractivity contribution in [2.75, 3.05) is 5.32 Å². The zero-order valence-electron chi connectivity index (χ0n) is 7.87. The molecule has 90 valence electrons. The summed E-state index contributed by atoms with van der Waals surface area (Å²) in [6.07, 6.45) is 0. The van der Waals surface area contributed by atoms with E-state index in [2.05, 4.69) is 5.32 Å². The van der Waals surface area contributed by atoms with Crippen molar-refractivity contribution in [3.63, 3.8) is 0 Å². The second-order valence-electron chi connectivity index (χ2n) is 3.13. The Balaban J connectivity index is 2.53. The molecular formula is C8H3Cl2FN2O4. The lowest BCUT2D eigenvalue weighted by Crippen LogP contribution is -2.41. The van der Waals surface area contributed by atoms with E-state index in [-0.39, 0.29) is 11.4 Å². The number of anilines is 1. The maximum atomic E-state index is 13.3. The summed E-state index contributed by atoms with van der Waals surface area (Å²) in [4.78, 5) is 20.8. The van der Waals surface area contributed by atoms with Gasteiger partial charge in [0.25, 0.3) is 0 Å². The smallest absolute Gasteiger partial charge is 0.339 e. The van der Waals surface area contributed by atoms with E-state index < -0.39 is 26.9 Å². The van der Waals surface area contributed by atoms with E-state index in [9.17, 15) is 19.3 Å². The second kappa shape index (κ2) is 3.71. The first-order chi connectivity index (χ1) is 7.81. The Morgan fingerprint density at radius 1 is 1.47 bits per heavy atom. The normalized spacial score (nSPS) is 16.8. The quantitative estimate of drug-likeness (QED) is 0.486. The number of benzene rings is 1. The Morgan fingerprint density at radius 2 is 2.12 bits per heavy atom. The van der Waals surface area contributed by atoms with Crippen LogP contribution in [0.5, 0.6) is 5.75 Å². The molecule has 0 spiro atoms. The van der Waals surface area contributed by atoms with Gasteiger partial charge in [0.15, 0.2) is 5.75 Å². The molecule has 0 aliphatic carbocycles. The van der Waals surface area contributed by atoms with Gasteiger partial charge in [-0.05, 0) is 23.2 Å². The van der Waals surface area contributed by atoms with Crippen LogP contribution in [0.15, 0.2) is 12.1 Å². The Hall–Kier alpha value is -1.60. The second-order valence-corrected chi connectivity index (χ2v) is 4.39. The van der Waals surface area contributed by atoms with Gasteiger partial charge in [-0.15, -0.1) is 0 Å². The predicted octanol–water partition coefficient (Wildman–Crippen LogP) is 2.20. The van der Waals surface area contributed by atoms with E-state index in [0.29, 0.717) is 0 Å². The topological polar surface area (TPSA) is 81.5 Å². The summed E-state index contributed by atoms with van der Waals surface area (Å²) < 4.78 is 15.9. The van der Waals surface area contributed by atoms with Crippen LogP contribution in [0.1, 0.15) is 0 Å². The monoisotopic (exact) mass is 280 g/mol. The minimum Gasteiger partial charge on any atom is -0.448 e. The van der Waals surface area contributed by atoms with Crippen molar-refractivity contribution in [1.29, 1.82) is 0 Å². The summed E-state index contributed by atoms with van der Waals surface area (Å²) >= 11 is 11.0. The first kappa shape index (κ1) is 11.9. The van der Waals surface area contributed by atoms with Crippen LogP contribution in [0.2, 0.25) is 0 Å².